The highest BCUT2D eigenvalue weighted by atomic mass is 35.5. The number of ether oxygens (including phenoxy) is 2. The molecule has 7 heteroatoms. The van der Waals surface area contributed by atoms with Gasteiger partial charge in [0.15, 0.2) is 23.9 Å². The number of carbonyl (C=O) groups is 1. The summed E-state index contributed by atoms with van der Waals surface area (Å²) < 4.78 is 16.4. The number of carbonyl (C=O) groups excluding carboxylic acids is 1. The predicted octanol–water partition coefficient (Wildman–Crippen LogP) is 5.25. The van der Waals surface area contributed by atoms with E-state index in [-0.39, 0.29) is 17.8 Å². The first-order valence-corrected chi connectivity index (χ1v) is 9.55. The van der Waals surface area contributed by atoms with Crippen molar-refractivity contribution in [2.45, 2.75) is 27.2 Å². The van der Waals surface area contributed by atoms with E-state index in [0.717, 1.165) is 5.56 Å². The molecule has 0 atom stereocenters. The van der Waals surface area contributed by atoms with Crippen molar-refractivity contribution in [1.29, 1.82) is 0 Å². The van der Waals surface area contributed by atoms with Gasteiger partial charge in [0.2, 0.25) is 11.7 Å². The molecule has 2 aromatic carbocycles. The van der Waals surface area contributed by atoms with Gasteiger partial charge in [0.05, 0.1) is 7.11 Å². The number of hydrogen-bond acceptors (Lipinski definition) is 6. The lowest BCUT2D eigenvalue weighted by molar-refractivity contribution is 0.0919. The summed E-state index contributed by atoms with van der Waals surface area (Å²) in [5.41, 5.74) is 1.32. The number of benzene rings is 2. The van der Waals surface area contributed by atoms with Gasteiger partial charge in [-0.15, -0.1) is 0 Å². The SMILES string of the molecule is COc1cc(-c2noc(CC(C)(C)C)n2)ccc1OCC(=O)c1ccc(Cl)cc1. The van der Waals surface area contributed by atoms with Gasteiger partial charge in [-0.25, -0.2) is 0 Å². The molecule has 152 valence electrons. The molecule has 0 unspecified atom stereocenters. The minimum Gasteiger partial charge on any atom is -0.493 e. The van der Waals surface area contributed by atoms with E-state index >= 15 is 0 Å². The fourth-order valence-corrected chi connectivity index (χ4v) is 2.81. The number of methoxy groups -OCH3 is 1. The second-order valence-corrected chi connectivity index (χ2v) is 8.27. The molecule has 0 spiro atoms. The van der Waals surface area contributed by atoms with Crippen LogP contribution >= 0.6 is 11.6 Å². The maximum atomic E-state index is 12.3. The molecule has 29 heavy (non-hydrogen) atoms. The number of aromatic nitrogens is 2. The van der Waals surface area contributed by atoms with Crippen molar-refractivity contribution in [1.82, 2.24) is 10.1 Å². The van der Waals surface area contributed by atoms with Crippen LogP contribution in [0.2, 0.25) is 5.02 Å². The van der Waals surface area contributed by atoms with Gasteiger partial charge in [-0.1, -0.05) is 37.5 Å². The number of halogens is 1. The van der Waals surface area contributed by atoms with Crippen molar-refractivity contribution in [3.05, 3.63) is 58.9 Å². The lowest BCUT2D eigenvalue weighted by Gasteiger charge is -2.13. The minimum atomic E-state index is -0.155. The summed E-state index contributed by atoms with van der Waals surface area (Å²) >= 11 is 5.85. The smallest absolute Gasteiger partial charge is 0.227 e. The van der Waals surface area contributed by atoms with Crippen LogP contribution in [0, 0.1) is 5.41 Å². The zero-order valence-corrected chi connectivity index (χ0v) is 17.6. The van der Waals surface area contributed by atoms with Crippen LogP contribution in [0.1, 0.15) is 37.0 Å². The van der Waals surface area contributed by atoms with Crippen LogP contribution in [0.5, 0.6) is 11.5 Å². The van der Waals surface area contributed by atoms with Crippen molar-refractivity contribution >= 4 is 17.4 Å². The Kier molecular flexibility index (Phi) is 6.23. The molecule has 1 aromatic heterocycles. The molecule has 0 saturated carbocycles. The van der Waals surface area contributed by atoms with Gasteiger partial charge >= 0.3 is 0 Å². The van der Waals surface area contributed by atoms with E-state index in [9.17, 15) is 4.79 Å². The Morgan fingerprint density at radius 3 is 2.48 bits per heavy atom. The van der Waals surface area contributed by atoms with E-state index in [1.54, 1.807) is 42.5 Å². The molecular formula is C22H23ClN2O4. The largest absolute Gasteiger partial charge is 0.493 e. The lowest BCUT2D eigenvalue weighted by Crippen LogP contribution is -2.12. The van der Waals surface area contributed by atoms with Gasteiger partial charge in [0.1, 0.15) is 0 Å². The maximum Gasteiger partial charge on any atom is 0.227 e. The third-order valence-corrected chi connectivity index (χ3v) is 4.35. The van der Waals surface area contributed by atoms with E-state index in [1.807, 2.05) is 0 Å². The second-order valence-electron chi connectivity index (χ2n) is 7.83. The number of ketones is 1. The Balaban J connectivity index is 1.72. The molecule has 3 rings (SSSR count). The Bertz CT molecular complexity index is 991. The molecule has 0 fully saturated rings. The standard InChI is InChI=1S/C22H23ClN2O4/c1-22(2,3)12-20-24-21(25-29-20)15-7-10-18(19(11-15)27-4)28-13-17(26)14-5-8-16(23)9-6-14/h5-11H,12-13H2,1-4H3. The highest BCUT2D eigenvalue weighted by Gasteiger charge is 2.18. The number of Topliss-reactive ketones (excluding diaryl/α,β-unsaturated/α-hetero) is 1. The lowest BCUT2D eigenvalue weighted by atomic mass is 9.92. The number of rotatable bonds is 7. The Hall–Kier alpha value is -2.86. The molecular weight excluding hydrogens is 392 g/mol. The van der Waals surface area contributed by atoms with E-state index in [2.05, 4.69) is 30.9 Å². The van der Waals surface area contributed by atoms with Gasteiger partial charge in [-0.05, 0) is 47.9 Å². The monoisotopic (exact) mass is 414 g/mol. The zero-order chi connectivity index (χ0) is 21.0. The Morgan fingerprint density at radius 2 is 1.83 bits per heavy atom. The average molecular weight is 415 g/mol. The maximum absolute atomic E-state index is 12.3. The van der Waals surface area contributed by atoms with Crippen LogP contribution in [0.3, 0.4) is 0 Å². The highest BCUT2D eigenvalue weighted by molar-refractivity contribution is 6.30. The molecule has 0 aliphatic carbocycles. The van der Waals surface area contributed by atoms with E-state index in [0.29, 0.717) is 40.2 Å². The quantitative estimate of drug-likeness (QED) is 0.491. The van der Waals surface area contributed by atoms with E-state index < -0.39 is 0 Å². The first-order valence-electron chi connectivity index (χ1n) is 9.18. The van der Waals surface area contributed by atoms with Crippen molar-refractivity contribution in [2.24, 2.45) is 5.41 Å². The third-order valence-electron chi connectivity index (χ3n) is 4.10. The molecule has 3 aromatic rings. The zero-order valence-electron chi connectivity index (χ0n) is 16.9. The van der Waals surface area contributed by atoms with Crippen molar-refractivity contribution in [2.75, 3.05) is 13.7 Å². The van der Waals surface area contributed by atoms with Crippen molar-refractivity contribution < 1.29 is 18.8 Å². The Labute approximate surface area is 174 Å². The molecule has 0 saturated heterocycles. The summed E-state index contributed by atoms with van der Waals surface area (Å²) in [6, 6.07) is 12.0. The molecule has 1 heterocycles. The normalized spacial score (nSPS) is 11.3. The van der Waals surface area contributed by atoms with Crippen LogP contribution in [-0.2, 0) is 6.42 Å². The highest BCUT2D eigenvalue weighted by Crippen LogP contribution is 2.32. The molecule has 0 aliphatic heterocycles. The summed E-state index contributed by atoms with van der Waals surface area (Å²) in [4.78, 5) is 16.7. The summed E-state index contributed by atoms with van der Waals surface area (Å²) in [6.07, 6.45) is 0.686. The molecule has 0 aliphatic rings. The molecule has 6 nitrogen and oxygen atoms in total. The van der Waals surface area contributed by atoms with Crippen molar-refractivity contribution in [3.63, 3.8) is 0 Å². The van der Waals surface area contributed by atoms with E-state index in [4.69, 9.17) is 25.6 Å². The van der Waals surface area contributed by atoms with Gasteiger partial charge in [-0.3, -0.25) is 4.79 Å². The molecule has 0 N–H and O–H groups in total. The summed E-state index contributed by atoms with van der Waals surface area (Å²) in [6.45, 7) is 6.21. The Morgan fingerprint density at radius 1 is 1.10 bits per heavy atom. The molecule has 0 radical (unpaired) electrons. The van der Waals surface area contributed by atoms with Gasteiger partial charge in [0.25, 0.3) is 0 Å². The fraction of sp³-hybridized carbons (Fsp3) is 0.318. The minimum absolute atomic E-state index is 0.0514. The average Bonchev–Trinajstić information content (AvgIpc) is 3.13. The van der Waals surface area contributed by atoms with Crippen LogP contribution in [0.4, 0.5) is 0 Å². The first-order chi connectivity index (χ1) is 13.7. The predicted molar refractivity (Wildman–Crippen MR) is 111 cm³/mol. The fourth-order valence-electron chi connectivity index (χ4n) is 2.69. The topological polar surface area (TPSA) is 74.5 Å². The van der Waals surface area contributed by atoms with Crippen LogP contribution in [0.15, 0.2) is 47.0 Å². The molecule has 0 bridgehead atoms. The van der Waals surface area contributed by atoms with Gasteiger partial charge < -0.3 is 14.0 Å². The number of nitrogens with zero attached hydrogens (tertiary/aromatic N) is 2. The second kappa shape index (κ2) is 8.66. The summed E-state index contributed by atoms with van der Waals surface area (Å²) in [5.74, 6) is 1.84. The van der Waals surface area contributed by atoms with Crippen molar-refractivity contribution in [3.8, 4) is 22.9 Å². The van der Waals surface area contributed by atoms with Gasteiger partial charge in [0, 0.05) is 22.6 Å². The van der Waals surface area contributed by atoms with Crippen LogP contribution < -0.4 is 9.47 Å². The molecule has 0 amide bonds. The van der Waals surface area contributed by atoms with Gasteiger partial charge in [-0.2, -0.15) is 4.98 Å². The third kappa shape index (κ3) is 5.57. The van der Waals surface area contributed by atoms with Crippen LogP contribution in [-0.4, -0.2) is 29.6 Å². The summed E-state index contributed by atoms with van der Waals surface area (Å²) in [7, 11) is 1.54. The first kappa shape index (κ1) is 20.9. The van der Waals surface area contributed by atoms with E-state index in [1.165, 1.54) is 7.11 Å². The summed E-state index contributed by atoms with van der Waals surface area (Å²) in [5, 5.41) is 4.63. The number of hydrogen-bond donors (Lipinski definition) is 0. The van der Waals surface area contributed by atoms with Crippen LogP contribution in [0.25, 0.3) is 11.4 Å².